The normalized spacial score (nSPS) is 20.4. The fourth-order valence-corrected chi connectivity index (χ4v) is 2.33. The van der Waals surface area contributed by atoms with Crippen LogP contribution in [-0.2, 0) is 4.74 Å². The summed E-state index contributed by atoms with van der Waals surface area (Å²) in [6, 6.07) is 4.30. The minimum Gasteiger partial charge on any atom is -0.465 e. The van der Waals surface area contributed by atoms with Crippen LogP contribution in [0.15, 0.2) is 18.2 Å². The highest BCUT2D eigenvalue weighted by atomic mass is 16.6. The van der Waals surface area contributed by atoms with Crippen LogP contribution in [0.1, 0.15) is 23.7 Å². The molecule has 1 aliphatic rings. The van der Waals surface area contributed by atoms with Crippen molar-refractivity contribution < 1.29 is 14.5 Å². The van der Waals surface area contributed by atoms with Crippen molar-refractivity contribution in [3.8, 4) is 0 Å². The summed E-state index contributed by atoms with van der Waals surface area (Å²) in [5.41, 5.74) is 0.786. The van der Waals surface area contributed by atoms with E-state index in [1.54, 1.807) is 0 Å². The van der Waals surface area contributed by atoms with Crippen molar-refractivity contribution >= 4 is 17.3 Å². The molecule has 0 spiro atoms. The number of hydrogen-bond acceptors (Lipinski definition) is 5. The van der Waals surface area contributed by atoms with Crippen LogP contribution in [0, 0.1) is 22.0 Å². The first-order valence-electron chi connectivity index (χ1n) is 6.52. The summed E-state index contributed by atoms with van der Waals surface area (Å²) in [4.78, 5) is 24.1. The topological polar surface area (TPSA) is 72.7 Å². The lowest BCUT2D eigenvalue weighted by atomic mass is 10.1. The molecule has 1 saturated carbocycles. The maximum atomic E-state index is 11.5. The van der Waals surface area contributed by atoms with Gasteiger partial charge in [-0.1, -0.05) is 6.92 Å². The highest BCUT2D eigenvalue weighted by Crippen LogP contribution is 2.40. The Kier molecular flexibility index (Phi) is 3.92. The molecule has 108 valence electrons. The maximum absolute atomic E-state index is 11.5. The second-order valence-corrected chi connectivity index (χ2v) is 5.31. The lowest BCUT2D eigenvalue weighted by Crippen LogP contribution is -2.22. The summed E-state index contributed by atoms with van der Waals surface area (Å²) in [6.07, 6.45) is 1.15. The molecule has 20 heavy (non-hydrogen) atoms. The largest absolute Gasteiger partial charge is 0.465 e. The molecule has 0 aliphatic heterocycles. The number of ether oxygens (including phenoxy) is 1. The van der Waals surface area contributed by atoms with Crippen molar-refractivity contribution in [2.45, 2.75) is 13.3 Å². The van der Waals surface area contributed by atoms with Crippen LogP contribution in [0.3, 0.4) is 0 Å². The number of nitro groups is 1. The van der Waals surface area contributed by atoms with Gasteiger partial charge >= 0.3 is 5.97 Å². The summed E-state index contributed by atoms with van der Waals surface area (Å²) in [7, 11) is 3.10. The van der Waals surface area contributed by atoms with E-state index in [1.807, 2.05) is 11.9 Å². The van der Waals surface area contributed by atoms with Crippen LogP contribution in [0.2, 0.25) is 0 Å². The second kappa shape index (κ2) is 5.48. The van der Waals surface area contributed by atoms with Crippen molar-refractivity contribution in [3.05, 3.63) is 33.9 Å². The Morgan fingerprint density at radius 2 is 2.20 bits per heavy atom. The van der Waals surface area contributed by atoms with Crippen molar-refractivity contribution in [2.24, 2.45) is 11.8 Å². The average molecular weight is 278 g/mol. The monoisotopic (exact) mass is 278 g/mol. The van der Waals surface area contributed by atoms with Crippen LogP contribution in [0.5, 0.6) is 0 Å². The number of esters is 1. The van der Waals surface area contributed by atoms with E-state index < -0.39 is 10.9 Å². The Morgan fingerprint density at radius 3 is 2.70 bits per heavy atom. The van der Waals surface area contributed by atoms with E-state index >= 15 is 0 Å². The highest BCUT2D eigenvalue weighted by Gasteiger charge is 2.34. The third kappa shape index (κ3) is 2.89. The van der Waals surface area contributed by atoms with Crippen LogP contribution in [-0.4, -0.2) is 31.6 Å². The number of benzene rings is 1. The number of nitrogens with zero attached hydrogens (tertiary/aromatic N) is 2. The molecule has 0 amide bonds. The summed E-state index contributed by atoms with van der Waals surface area (Å²) in [5.74, 6) is 0.746. The maximum Gasteiger partial charge on any atom is 0.337 e. The summed E-state index contributed by atoms with van der Waals surface area (Å²) in [5, 5.41) is 11.1. The molecule has 6 heteroatoms. The van der Waals surface area contributed by atoms with E-state index in [0.29, 0.717) is 23.1 Å². The van der Waals surface area contributed by atoms with E-state index in [2.05, 4.69) is 11.7 Å². The van der Waals surface area contributed by atoms with E-state index in [9.17, 15) is 14.9 Å². The van der Waals surface area contributed by atoms with Gasteiger partial charge in [0.2, 0.25) is 0 Å². The van der Waals surface area contributed by atoms with Crippen LogP contribution < -0.4 is 4.90 Å². The van der Waals surface area contributed by atoms with Gasteiger partial charge in [0, 0.05) is 19.7 Å². The van der Waals surface area contributed by atoms with Gasteiger partial charge in [-0.3, -0.25) is 10.1 Å². The van der Waals surface area contributed by atoms with Gasteiger partial charge < -0.3 is 9.64 Å². The minimum absolute atomic E-state index is 0.00783. The lowest BCUT2D eigenvalue weighted by Gasteiger charge is -2.19. The van der Waals surface area contributed by atoms with Crippen molar-refractivity contribution in [1.82, 2.24) is 0 Å². The molecule has 1 aliphatic carbocycles. The zero-order chi connectivity index (χ0) is 14.9. The van der Waals surface area contributed by atoms with E-state index in [0.717, 1.165) is 13.0 Å². The molecule has 2 unspecified atom stereocenters. The number of anilines is 1. The Labute approximate surface area is 117 Å². The number of nitro benzene ring substituents is 1. The first-order chi connectivity index (χ1) is 9.43. The Morgan fingerprint density at radius 1 is 1.55 bits per heavy atom. The molecule has 1 aromatic carbocycles. The SMILES string of the molecule is COC(=O)c1ccc([N+](=O)[O-])c(N(C)CC2CC2C)c1. The molecule has 6 nitrogen and oxygen atoms in total. The third-order valence-corrected chi connectivity index (χ3v) is 3.79. The van der Waals surface area contributed by atoms with Gasteiger partial charge in [-0.15, -0.1) is 0 Å². The second-order valence-electron chi connectivity index (χ2n) is 5.31. The predicted octanol–water partition coefficient (Wildman–Crippen LogP) is 2.47. The first kappa shape index (κ1) is 14.3. The molecular formula is C14H18N2O4. The molecular weight excluding hydrogens is 260 g/mol. The number of rotatable bonds is 5. The average Bonchev–Trinajstić information content (AvgIpc) is 3.12. The Hall–Kier alpha value is -2.11. The molecule has 1 fully saturated rings. The smallest absolute Gasteiger partial charge is 0.337 e. The van der Waals surface area contributed by atoms with E-state index in [4.69, 9.17) is 0 Å². The molecule has 2 atom stereocenters. The predicted molar refractivity (Wildman–Crippen MR) is 75.0 cm³/mol. The fraction of sp³-hybridized carbons (Fsp3) is 0.500. The molecule has 0 aromatic heterocycles. The van der Waals surface area contributed by atoms with E-state index in [-0.39, 0.29) is 5.69 Å². The summed E-state index contributed by atoms with van der Waals surface area (Å²) in [6.45, 7) is 2.92. The summed E-state index contributed by atoms with van der Waals surface area (Å²) < 4.78 is 4.65. The van der Waals surface area contributed by atoms with Gasteiger partial charge in [0.1, 0.15) is 5.69 Å². The Balaban J connectivity index is 2.30. The first-order valence-corrected chi connectivity index (χ1v) is 6.52. The van der Waals surface area contributed by atoms with Crippen molar-refractivity contribution in [3.63, 3.8) is 0 Å². The number of methoxy groups -OCH3 is 1. The van der Waals surface area contributed by atoms with Gasteiger partial charge in [-0.05, 0) is 30.4 Å². The standard InChI is InChI=1S/C14H18N2O4/c1-9-6-11(9)8-15(2)13-7-10(14(17)20-3)4-5-12(13)16(18)19/h4-5,7,9,11H,6,8H2,1-3H3. The zero-order valence-corrected chi connectivity index (χ0v) is 11.8. The molecule has 2 rings (SSSR count). The lowest BCUT2D eigenvalue weighted by molar-refractivity contribution is -0.384. The van der Waals surface area contributed by atoms with Gasteiger partial charge in [-0.25, -0.2) is 4.79 Å². The van der Waals surface area contributed by atoms with Gasteiger partial charge in [-0.2, -0.15) is 0 Å². The van der Waals surface area contributed by atoms with Crippen molar-refractivity contribution in [2.75, 3.05) is 25.6 Å². The van der Waals surface area contributed by atoms with Gasteiger partial charge in [0.15, 0.2) is 0 Å². The quantitative estimate of drug-likeness (QED) is 0.470. The number of hydrogen-bond donors (Lipinski definition) is 0. The highest BCUT2D eigenvalue weighted by molar-refractivity contribution is 5.91. The molecule has 0 N–H and O–H groups in total. The summed E-state index contributed by atoms with van der Waals surface area (Å²) >= 11 is 0. The minimum atomic E-state index is -0.491. The molecule has 0 saturated heterocycles. The molecule has 0 heterocycles. The van der Waals surface area contributed by atoms with Gasteiger partial charge in [0.25, 0.3) is 5.69 Å². The van der Waals surface area contributed by atoms with E-state index in [1.165, 1.54) is 25.3 Å². The van der Waals surface area contributed by atoms with Gasteiger partial charge in [0.05, 0.1) is 17.6 Å². The van der Waals surface area contributed by atoms with Crippen LogP contribution in [0.25, 0.3) is 0 Å². The van der Waals surface area contributed by atoms with Crippen LogP contribution in [0.4, 0.5) is 11.4 Å². The molecule has 1 aromatic rings. The number of carbonyl (C=O) groups is 1. The van der Waals surface area contributed by atoms with Crippen molar-refractivity contribution in [1.29, 1.82) is 0 Å². The van der Waals surface area contributed by atoms with Crippen LogP contribution >= 0.6 is 0 Å². The fourth-order valence-electron chi connectivity index (χ4n) is 2.33. The Bertz CT molecular complexity index is 544. The third-order valence-electron chi connectivity index (χ3n) is 3.79. The number of carbonyl (C=O) groups excluding carboxylic acids is 1. The molecule has 0 bridgehead atoms. The molecule has 0 radical (unpaired) electrons. The zero-order valence-electron chi connectivity index (χ0n) is 11.8.